The number of rotatable bonds is 2. The van der Waals surface area contributed by atoms with Crippen molar-refractivity contribution in [2.75, 3.05) is 20.1 Å². The predicted molar refractivity (Wildman–Crippen MR) is 64.8 cm³/mol. The number of aliphatic carboxylic acids is 1. The molecule has 5 heteroatoms. The molecule has 0 radical (unpaired) electrons. The molecule has 1 aliphatic heterocycles. The number of hydrogen-bond donors (Lipinski definition) is 1. The number of nitrogens with zero attached hydrogens (tertiary/aromatic N) is 2. The summed E-state index contributed by atoms with van der Waals surface area (Å²) in [6.07, 6.45) is 1.93. The molecule has 1 aliphatic rings. The van der Waals surface area contributed by atoms with Gasteiger partial charge in [-0.1, -0.05) is 13.8 Å². The van der Waals surface area contributed by atoms with Gasteiger partial charge in [-0.2, -0.15) is 0 Å². The average Bonchev–Trinajstić information content (AvgIpc) is 2.26. The summed E-state index contributed by atoms with van der Waals surface area (Å²) in [5.74, 6) is -0.974. The maximum atomic E-state index is 12.0. The van der Waals surface area contributed by atoms with Gasteiger partial charge in [0.25, 0.3) is 0 Å². The van der Waals surface area contributed by atoms with Crippen LogP contribution in [0.5, 0.6) is 0 Å². The summed E-state index contributed by atoms with van der Waals surface area (Å²) in [4.78, 5) is 25.9. The molecule has 0 saturated carbocycles. The molecule has 1 unspecified atom stereocenters. The summed E-state index contributed by atoms with van der Waals surface area (Å²) >= 11 is 0. The third kappa shape index (κ3) is 3.35. The zero-order chi connectivity index (χ0) is 13.2. The van der Waals surface area contributed by atoms with Gasteiger partial charge in [-0.3, -0.25) is 0 Å². The highest BCUT2D eigenvalue weighted by molar-refractivity contribution is 5.82. The second-order valence-electron chi connectivity index (χ2n) is 5.56. The second kappa shape index (κ2) is 4.94. The van der Waals surface area contributed by atoms with Gasteiger partial charge in [-0.05, 0) is 25.2 Å². The first-order valence-electron chi connectivity index (χ1n) is 5.99. The Kier molecular flexibility index (Phi) is 4.01. The van der Waals surface area contributed by atoms with E-state index in [-0.39, 0.29) is 11.4 Å². The molecular weight excluding hydrogens is 220 g/mol. The summed E-state index contributed by atoms with van der Waals surface area (Å²) in [6, 6.07) is -0.965. The minimum atomic E-state index is -0.974. The Labute approximate surface area is 102 Å². The fourth-order valence-electron chi connectivity index (χ4n) is 1.86. The number of likely N-dealkylation sites (tertiary alicyclic amines) is 1. The molecule has 1 heterocycles. The molecule has 0 aromatic rings. The first kappa shape index (κ1) is 13.8. The van der Waals surface area contributed by atoms with E-state index in [9.17, 15) is 9.59 Å². The Morgan fingerprint density at radius 3 is 2.18 bits per heavy atom. The van der Waals surface area contributed by atoms with Crippen LogP contribution >= 0.6 is 0 Å². The van der Waals surface area contributed by atoms with Crippen molar-refractivity contribution in [3.05, 3.63) is 0 Å². The summed E-state index contributed by atoms with van der Waals surface area (Å²) in [6.45, 7) is 7.33. The smallest absolute Gasteiger partial charge is 0.326 e. The maximum absolute atomic E-state index is 12.0. The molecular formula is C12H22N2O3. The lowest BCUT2D eigenvalue weighted by Gasteiger charge is -2.39. The maximum Gasteiger partial charge on any atom is 0.326 e. The van der Waals surface area contributed by atoms with Gasteiger partial charge in [0.05, 0.1) is 0 Å². The van der Waals surface area contributed by atoms with Crippen LogP contribution in [0, 0.1) is 5.41 Å². The summed E-state index contributed by atoms with van der Waals surface area (Å²) < 4.78 is 0. The van der Waals surface area contributed by atoms with E-state index in [1.54, 1.807) is 11.9 Å². The lowest BCUT2D eigenvalue weighted by atomic mass is 9.83. The standard InChI is InChI=1S/C12H22N2O3/c1-9(10(15)16)13(4)11(17)14-7-5-12(2,3)6-8-14/h9H,5-8H2,1-4H3,(H,15,16). The minimum absolute atomic E-state index is 0.185. The number of hydrogen-bond acceptors (Lipinski definition) is 2. The van der Waals surface area contributed by atoms with Crippen LogP contribution in [0.1, 0.15) is 33.6 Å². The average molecular weight is 242 g/mol. The number of carbonyl (C=O) groups excluding carboxylic acids is 1. The predicted octanol–water partition coefficient (Wildman–Crippen LogP) is 1.63. The normalized spacial score (nSPS) is 20.8. The first-order chi connectivity index (χ1) is 7.74. The first-order valence-corrected chi connectivity index (χ1v) is 5.99. The van der Waals surface area contributed by atoms with Crippen LogP contribution in [0.2, 0.25) is 0 Å². The van der Waals surface area contributed by atoms with Gasteiger partial charge in [-0.25, -0.2) is 9.59 Å². The van der Waals surface area contributed by atoms with Gasteiger partial charge < -0.3 is 14.9 Å². The monoisotopic (exact) mass is 242 g/mol. The molecule has 17 heavy (non-hydrogen) atoms. The number of urea groups is 1. The summed E-state index contributed by atoms with van der Waals surface area (Å²) in [5, 5.41) is 8.87. The molecule has 0 spiro atoms. The third-order valence-electron chi connectivity index (χ3n) is 3.63. The lowest BCUT2D eigenvalue weighted by molar-refractivity contribution is -0.141. The van der Waals surface area contributed by atoms with Crippen LogP contribution in [0.4, 0.5) is 4.79 Å². The van der Waals surface area contributed by atoms with Gasteiger partial charge in [0.2, 0.25) is 0 Å². The van der Waals surface area contributed by atoms with Gasteiger partial charge in [-0.15, -0.1) is 0 Å². The van der Waals surface area contributed by atoms with Crippen molar-refractivity contribution in [1.29, 1.82) is 0 Å². The molecule has 1 fully saturated rings. The van der Waals surface area contributed by atoms with E-state index in [4.69, 9.17) is 5.11 Å². The molecule has 98 valence electrons. The lowest BCUT2D eigenvalue weighted by Crippen LogP contribution is -2.50. The Bertz CT molecular complexity index is 305. The second-order valence-corrected chi connectivity index (χ2v) is 5.56. The van der Waals surface area contributed by atoms with E-state index in [0.717, 1.165) is 12.8 Å². The zero-order valence-electron chi connectivity index (χ0n) is 11.1. The molecule has 1 rings (SSSR count). The number of piperidine rings is 1. The third-order valence-corrected chi connectivity index (χ3v) is 3.63. The molecule has 5 nitrogen and oxygen atoms in total. The van der Waals surface area contributed by atoms with Crippen molar-refractivity contribution in [1.82, 2.24) is 9.80 Å². The van der Waals surface area contributed by atoms with E-state index in [1.807, 2.05) is 0 Å². The Balaban J connectivity index is 2.57. The van der Waals surface area contributed by atoms with Gasteiger partial charge in [0.15, 0.2) is 0 Å². The van der Waals surface area contributed by atoms with Crippen LogP contribution < -0.4 is 0 Å². The van der Waals surface area contributed by atoms with E-state index < -0.39 is 12.0 Å². The minimum Gasteiger partial charge on any atom is -0.480 e. The van der Waals surface area contributed by atoms with E-state index >= 15 is 0 Å². The van der Waals surface area contributed by atoms with Crippen molar-refractivity contribution in [3.8, 4) is 0 Å². The van der Waals surface area contributed by atoms with Crippen molar-refractivity contribution in [2.45, 2.75) is 39.7 Å². The number of carboxylic acids is 1. The highest BCUT2D eigenvalue weighted by Crippen LogP contribution is 2.30. The zero-order valence-corrected chi connectivity index (χ0v) is 11.1. The van der Waals surface area contributed by atoms with Gasteiger partial charge in [0.1, 0.15) is 6.04 Å². The van der Waals surface area contributed by atoms with Crippen LogP contribution in [0.25, 0.3) is 0 Å². The van der Waals surface area contributed by atoms with Crippen molar-refractivity contribution < 1.29 is 14.7 Å². The van der Waals surface area contributed by atoms with Crippen molar-refractivity contribution in [2.24, 2.45) is 5.41 Å². The highest BCUT2D eigenvalue weighted by Gasteiger charge is 2.31. The molecule has 0 aromatic carbocycles. The summed E-state index contributed by atoms with van der Waals surface area (Å²) in [5.41, 5.74) is 0.285. The Morgan fingerprint density at radius 1 is 1.29 bits per heavy atom. The molecule has 2 amide bonds. The SMILES string of the molecule is CC(C(=O)O)N(C)C(=O)N1CCC(C)(C)CC1. The quantitative estimate of drug-likeness (QED) is 0.800. The van der Waals surface area contributed by atoms with Crippen molar-refractivity contribution in [3.63, 3.8) is 0 Å². The highest BCUT2D eigenvalue weighted by atomic mass is 16.4. The largest absolute Gasteiger partial charge is 0.480 e. The molecule has 0 aromatic heterocycles. The number of carboxylic acid groups (broad SMARTS) is 1. The van der Waals surface area contributed by atoms with Gasteiger partial charge >= 0.3 is 12.0 Å². The fourth-order valence-corrected chi connectivity index (χ4v) is 1.86. The number of likely N-dealkylation sites (N-methyl/N-ethyl adjacent to an activating group) is 1. The Morgan fingerprint density at radius 2 is 1.76 bits per heavy atom. The van der Waals surface area contributed by atoms with Crippen LogP contribution in [0.3, 0.4) is 0 Å². The number of amides is 2. The van der Waals surface area contributed by atoms with Crippen LogP contribution in [0.15, 0.2) is 0 Å². The van der Waals surface area contributed by atoms with Gasteiger partial charge in [0, 0.05) is 20.1 Å². The molecule has 0 aliphatic carbocycles. The van der Waals surface area contributed by atoms with E-state index in [1.165, 1.54) is 11.8 Å². The summed E-state index contributed by atoms with van der Waals surface area (Å²) in [7, 11) is 1.54. The van der Waals surface area contributed by atoms with E-state index in [2.05, 4.69) is 13.8 Å². The molecule has 0 bridgehead atoms. The van der Waals surface area contributed by atoms with E-state index in [0.29, 0.717) is 13.1 Å². The topological polar surface area (TPSA) is 60.9 Å². The van der Waals surface area contributed by atoms with Crippen molar-refractivity contribution >= 4 is 12.0 Å². The molecule has 1 atom stereocenters. The fraction of sp³-hybridized carbons (Fsp3) is 0.833. The Hall–Kier alpha value is -1.26. The van der Waals surface area contributed by atoms with Crippen LogP contribution in [-0.2, 0) is 4.79 Å². The number of carbonyl (C=O) groups is 2. The van der Waals surface area contributed by atoms with Crippen LogP contribution in [-0.4, -0.2) is 53.1 Å². The molecule has 1 saturated heterocycles. The molecule has 1 N–H and O–H groups in total.